The van der Waals surface area contributed by atoms with E-state index >= 15 is 0 Å². The maximum absolute atomic E-state index is 12.4. The number of nitrogens with zero attached hydrogens (tertiary/aromatic N) is 2. The van der Waals surface area contributed by atoms with E-state index in [2.05, 4.69) is 0 Å². The van der Waals surface area contributed by atoms with Crippen LogP contribution in [0.2, 0.25) is 0 Å². The molecule has 3 N–H and O–H groups in total. The first kappa shape index (κ1) is 16.7. The van der Waals surface area contributed by atoms with Crippen molar-refractivity contribution in [3.8, 4) is 0 Å². The van der Waals surface area contributed by atoms with Gasteiger partial charge in [0.1, 0.15) is 12.2 Å². The summed E-state index contributed by atoms with van der Waals surface area (Å²) in [4.78, 5) is 22.7. The quantitative estimate of drug-likeness (QED) is 0.491. The van der Waals surface area contributed by atoms with E-state index in [0.29, 0.717) is 4.90 Å². The number of rotatable bonds is 5. The second kappa shape index (κ2) is 6.39. The highest BCUT2D eigenvalue weighted by molar-refractivity contribution is 6.01. The van der Waals surface area contributed by atoms with Gasteiger partial charge in [-0.05, 0) is 13.0 Å². The highest BCUT2D eigenvalue weighted by Crippen LogP contribution is 2.29. The Morgan fingerprint density at radius 1 is 1.48 bits per heavy atom. The van der Waals surface area contributed by atoms with Crippen LogP contribution in [0.5, 0.6) is 0 Å². The standard InChI is InChI=1S/C11H13F3N4O3/c1-2-17(6-11(12,13)14)10(19)7-4-3-5-8(18(20)21)9(7)16-15/h3-5,16H,2,6,15H2,1H3. The molecule has 0 aromatic heterocycles. The van der Waals surface area contributed by atoms with Gasteiger partial charge in [0.25, 0.3) is 11.6 Å². The van der Waals surface area contributed by atoms with Crippen molar-refractivity contribution in [2.24, 2.45) is 5.84 Å². The van der Waals surface area contributed by atoms with Gasteiger partial charge in [-0.15, -0.1) is 0 Å². The molecule has 0 fully saturated rings. The molecule has 0 bridgehead atoms. The average Bonchev–Trinajstić information content (AvgIpc) is 2.41. The van der Waals surface area contributed by atoms with Crippen LogP contribution in [-0.4, -0.2) is 35.0 Å². The third-order valence-corrected chi connectivity index (χ3v) is 2.65. The van der Waals surface area contributed by atoms with E-state index in [1.165, 1.54) is 19.1 Å². The SMILES string of the molecule is CCN(CC(F)(F)F)C(=O)c1cccc([N+](=O)[O-])c1NN. The molecule has 1 rings (SSSR count). The minimum Gasteiger partial charge on any atom is -0.330 e. The van der Waals surface area contributed by atoms with Crippen molar-refractivity contribution in [2.75, 3.05) is 18.5 Å². The van der Waals surface area contributed by atoms with Crippen LogP contribution in [0.25, 0.3) is 0 Å². The highest BCUT2D eigenvalue weighted by atomic mass is 19.4. The second-order valence-electron chi connectivity index (χ2n) is 4.04. The minimum absolute atomic E-state index is 0.203. The van der Waals surface area contributed by atoms with Crippen LogP contribution >= 0.6 is 0 Å². The Morgan fingerprint density at radius 3 is 2.52 bits per heavy atom. The topological polar surface area (TPSA) is 102 Å². The van der Waals surface area contributed by atoms with Crippen LogP contribution in [0.3, 0.4) is 0 Å². The van der Waals surface area contributed by atoms with Crippen molar-refractivity contribution in [2.45, 2.75) is 13.1 Å². The number of benzene rings is 1. The minimum atomic E-state index is -4.57. The van der Waals surface area contributed by atoms with Crippen molar-refractivity contribution >= 4 is 17.3 Å². The van der Waals surface area contributed by atoms with E-state index in [-0.39, 0.29) is 17.8 Å². The Morgan fingerprint density at radius 2 is 2.10 bits per heavy atom. The number of nitro benzene ring substituents is 1. The summed E-state index contributed by atoms with van der Waals surface area (Å²) in [6.07, 6.45) is -4.57. The van der Waals surface area contributed by atoms with E-state index in [9.17, 15) is 28.1 Å². The van der Waals surface area contributed by atoms with Crippen LogP contribution in [-0.2, 0) is 0 Å². The van der Waals surface area contributed by atoms with Crippen LogP contribution < -0.4 is 11.3 Å². The first-order valence-corrected chi connectivity index (χ1v) is 5.81. The van der Waals surface area contributed by atoms with E-state index in [1.807, 2.05) is 5.43 Å². The van der Waals surface area contributed by atoms with Crippen molar-refractivity contribution in [1.29, 1.82) is 0 Å². The van der Waals surface area contributed by atoms with Gasteiger partial charge in [-0.1, -0.05) is 6.07 Å². The van der Waals surface area contributed by atoms with E-state index in [1.54, 1.807) is 0 Å². The molecular formula is C11H13F3N4O3. The summed E-state index contributed by atoms with van der Waals surface area (Å²) in [6, 6.07) is 3.46. The maximum Gasteiger partial charge on any atom is 0.406 e. The van der Waals surface area contributed by atoms with Gasteiger partial charge < -0.3 is 10.3 Å². The molecule has 0 radical (unpaired) electrons. The van der Waals surface area contributed by atoms with Gasteiger partial charge in [0.2, 0.25) is 0 Å². The lowest BCUT2D eigenvalue weighted by molar-refractivity contribution is -0.384. The number of nitrogens with two attached hydrogens (primary N) is 1. The Balaban J connectivity index is 3.22. The summed E-state index contributed by atoms with van der Waals surface area (Å²) >= 11 is 0. The van der Waals surface area contributed by atoms with Gasteiger partial charge in [-0.2, -0.15) is 13.2 Å². The third kappa shape index (κ3) is 4.05. The summed E-state index contributed by atoms with van der Waals surface area (Å²) in [5.41, 5.74) is 0.884. The molecule has 116 valence electrons. The molecule has 7 nitrogen and oxygen atoms in total. The molecule has 0 saturated heterocycles. The number of anilines is 1. The van der Waals surface area contributed by atoms with Crippen LogP contribution in [0.15, 0.2) is 18.2 Å². The third-order valence-electron chi connectivity index (χ3n) is 2.65. The maximum atomic E-state index is 12.4. The summed E-state index contributed by atoms with van der Waals surface area (Å²) < 4.78 is 37.2. The largest absolute Gasteiger partial charge is 0.406 e. The fraction of sp³-hybridized carbons (Fsp3) is 0.364. The molecule has 0 aliphatic carbocycles. The first-order valence-electron chi connectivity index (χ1n) is 5.81. The number of nitro groups is 1. The fourth-order valence-corrected chi connectivity index (χ4v) is 1.74. The lowest BCUT2D eigenvalue weighted by Gasteiger charge is -2.23. The van der Waals surface area contributed by atoms with E-state index in [0.717, 1.165) is 6.07 Å². The summed E-state index contributed by atoms with van der Waals surface area (Å²) in [5, 5.41) is 10.8. The molecule has 0 saturated carbocycles. The van der Waals surface area contributed by atoms with Gasteiger partial charge >= 0.3 is 6.18 Å². The van der Waals surface area contributed by atoms with Gasteiger partial charge in [0, 0.05) is 12.6 Å². The van der Waals surface area contributed by atoms with Crippen LogP contribution in [0.4, 0.5) is 24.5 Å². The lowest BCUT2D eigenvalue weighted by atomic mass is 10.1. The zero-order chi connectivity index (χ0) is 16.2. The number of carbonyl (C=O) groups excluding carboxylic acids is 1. The van der Waals surface area contributed by atoms with Gasteiger partial charge in [0.05, 0.1) is 10.5 Å². The smallest absolute Gasteiger partial charge is 0.330 e. The lowest BCUT2D eigenvalue weighted by Crippen LogP contribution is -2.39. The molecule has 0 heterocycles. The van der Waals surface area contributed by atoms with Crippen LogP contribution in [0.1, 0.15) is 17.3 Å². The molecule has 0 atom stereocenters. The molecule has 1 aromatic carbocycles. The van der Waals surface area contributed by atoms with Crippen molar-refractivity contribution < 1.29 is 22.9 Å². The monoisotopic (exact) mass is 306 g/mol. The second-order valence-corrected chi connectivity index (χ2v) is 4.04. The Kier molecular flexibility index (Phi) is 5.08. The molecule has 0 spiro atoms. The molecule has 0 aliphatic heterocycles. The number of para-hydroxylation sites is 1. The summed E-state index contributed by atoms with van der Waals surface area (Å²) in [7, 11) is 0. The van der Waals surface area contributed by atoms with Crippen molar-refractivity contribution in [1.82, 2.24) is 4.90 Å². The number of nitrogen functional groups attached to an aromatic ring is 1. The number of alkyl halides is 3. The number of nitrogens with one attached hydrogen (secondary N) is 1. The van der Waals surface area contributed by atoms with E-state index in [4.69, 9.17) is 5.84 Å². The Bertz CT molecular complexity index is 548. The number of hydrogen-bond donors (Lipinski definition) is 2. The number of halogens is 3. The van der Waals surface area contributed by atoms with E-state index < -0.39 is 29.2 Å². The van der Waals surface area contributed by atoms with Gasteiger partial charge in [-0.3, -0.25) is 20.8 Å². The predicted molar refractivity (Wildman–Crippen MR) is 68.5 cm³/mol. The molecule has 10 heteroatoms. The molecule has 21 heavy (non-hydrogen) atoms. The van der Waals surface area contributed by atoms with Crippen LogP contribution in [0, 0.1) is 10.1 Å². The summed E-state index contributed by atoms with van der Waals surface area (Å²) in [6.45, 7) is -0.281. The number of hydrogen-bond acceptors (Lipinski definition) is 5. The predicted octanol–water partition coefficient (Wildman–Crippen LogP) is 1.90. The van der Waals surface area contributed by atoms with Crippen molar-refractivity contribution in [3.63, 3.8) is 0 Å². The number of amides is 1. The zero-order valence-corrected chi connectivity index (χ0v) is 11.0. The number of carbonyl (C=O) groups is 1. The van der Waals surface area contributed by atoms with Gasteiger partial charge in [0.15, 0.2) is 0 Å². The molecule has 0 unspecified atom stereocenters. The fourth-order valence-electron chi connectivity index (χ4n) is 1.74. The zero-order valence-electron chi connectivity index (χ0n) is 11.0. The average molecular weight is 306 g/mol. The molecular weight excluding hydrogens is 293 g/mol. The normalized spacial score (nSPS) is 11.1. The highest BCUT2D eigenvalue weighted by Gasteiger charge is 2.34. The molecule has 0 aliphatic rings. The molecule has 1 aromatic rings. The summed E-state index contributed by atoms with van der Waals surface area (Å²) in [5.74, 6) is 4.15. The molecule has 1 amide bonds. The van der Waals surface area contributed by atoms with Gasteiger partial charge in [-0.25, -0.2) is 0 Å². The first-order chi connectivity index (χ1) is 9.71. The van der Waals surface area contributed by atoms with Crippen molar-refractivity contribution in [3.05, 3.63) is 33.9 Å². The number of hydrazine groups is 1. The Hall–Kier alpha value is -2.36. The Labute approximate surface area is 117 Å².